The van der Waals surface area contributed by atoms with Gasteiger partial charge in [0, 0.05) is 39.0 Å². The van der Waals surface area contributed by atoms with E-state index in [1.165, 1.54) is 62.3 Å². The first-order chi connectivity index (χ1) is 26.4. The summed E-state index contributed by atoms with van der Waals surface area (Å²) in [7, 11) is 0. The number of ether oxygens (including phenoxy) is 1. The Hall–Kier alpha value is -5.68. The number of fused-ring (bicyclic) bond motifs is 7. The third-order valence-electron chi connectivity index (χ3n) is 12.8. The summed E-state index contributed by atoms with van der Waals surface area (Å²) in [5, 5.41) is 4.83. The predicted octanol–water partition coefficient (Wildman–Crippen LogP) is 12.7. The van der Waals surface area contributed by atoms with Crippen LogP contribution in [0.3, 0.4) is 0 Å². The van der Waals surface area contributed by atoms with Gasteiger partial charge in [0.25, 0.3) is 0 Å². The fourth-order valence-electron chi connectivity index (χ4n) is 9.38. The lowest BCUT2D eigenvalue weighted by Gasteiger charge is -2.41. The highest BCUT2D eigenvalue weighted by molar-refractivity contribution is 6.12. The summed E-state index contributed by atoms with van der Waals surface area (Å²) in [6.45, 7) is 15.9. The molecule has 2 atom stereocenters. The van der Waals surface area contributed by atoms with Gasteiger partial charge in [-0.05, 0) is 141 Å². The van der Waals surface area contributed by atoms with Crippen molar-refractivity contribution in [3.63, 3.8) is 0 Å². The largest absolute Gasteiger partial charge is 0.469 e. The van der Waals surface area contributed by atoms with Crippen LogP contribution in [0, 0.1) is 13.8 Å². The minimum absolute atomic E-state index is 0.0885. The minimum atomic E-state index is -0.284. The summed E-state index contributed by atoms with van der Waals surface area (Å²) in [5.74, 6) is 0.777. The van der Waals surface area contributed by atoms with Crippen LogP contribution in [0.25, 0.3) is 66.2 Å². The maximum absolute atomic E-state index is 6.91. The van der Waals surface area contributed by atoms with Crippen LogP contribution in [0.15, 0.2) is 120 Å². The molecule has 0 N–H and O–H groups in total. The highest BCUT2D eigenvalue weighted by Gasteiger charge is 2.53. The molecule has 8 aromatic rings. The van der Waals surface area contributed by atoms with Crippen molar-refractivity contribution in [2.45, 2.75) is 90.7 Å². The Morgan fingerprint density at radius 3 is 2.18 bits per heavy atom. The van der Waals surface area contributed by atoms with E-state index in [0.29, 0.717) is 0 Å². The van der Waals surface area contributed by atoms with Gasteiger partial charge in [-0.1, -0.05) is 75.2 Å². The third kappa shape index (κ3) is 5.19. The Labute approximate surface area is 323 Å². The summed E-state index contributed by atoms with van der Waals surface area (Å²) in [6, 6.07) is 40.3. The molecule has 0 saturated heterocycles. The molecule has 1 aliphatic heterocycles. The van der Waals surface area contributed by atoms with Crippen LogP contribution in [0.2, 0.25) is 0 Å². The van der Waals surface area contributed by atoms with Gasteiger partial charge < -0.3 is 9.30 Å². The van der Waals surface area contributed by atoms with E-state index in [4.69, 9.17) is 14.7 Å². The first-order valence-corrected chi connectivity index (χ1v) is 19.9. The van der Waals surface area contributed by atoms with Crippen LogP contribution in [-0.2, 0) is 10.2 Å². The van der Waals surface area contributed by atoms with Crippen LogP contribution in [0.5, 0.6) is 0 Å². The molecule has 1 aliphatic carbocycles. The van der Waals surface area contributed by atoms with Crippen LogP contribution < -0.4 is 0 Å². The maximum Gasteiger partial charge on any atom is 0.217 e. The van der Waals surface area contributed by atoms with Gasteiger partial charge >= 0.3 is 0 Å². The zero-order chi connectivity index (χ0) is 37.9. The SMILES string of the molecule is Cc1ccc2c(c1)c1cc(C)c(-n3c4ccc(-c5ccccc5)cc4c4cccnc43)cc1n2-c1cc(C2=N[C@]3(C)CCCC[C@]3(C)O2)cc(C(C)(C)C)c1. The summed E-state index contributed by atoms with van der Waals surface area (Å²) in [4.78, 5) is 10.4. The first kappa shape index (κ1) is 33.9. The summed E-state index contributed by atoms with van der Waals surface area (Å²) >= 11 is 0. The van der Waals surface area contributed by atoms with Gasteiger partial charge in [-0.3, -0.25) is 4.57 Å². The van der Waals surface area contributed by atoms with E-state index in [2.05, 4.69) is 161 Å². The predicted molar refractivity (Wildman–Crippen MR) is 229 cm³/mol. The van der Waals surface area contributed by atoms with E-state index in [0.717, 1.165) is 57.7 Å². The number of benzene rings is 5. The van der Waals surface area contributed by atoms with Crippen molar-refractivity contribution < 1.29 is 4.74 Å². The monoisotopic (exact) mass is 720 g/mol. The Bertz CT molecular complexity index is 2890. The molecule has 1 saturated carbocycles. The van der Waals surface area contributed by atoms with E-state index in [9.17, 15) is 0 Å². The molecule has 5 aromatic carbocycles. The summed E-state index contributed by atoms with van der Waals surface area (Å²) in [5.41, 5.74) is 13.3. The average Bonchev–Trinajstić information content (AvgIpc) is 3.78. The standard InChI is InChI=1S/C50H48N4O/c1-31-17-19-42-39(24-31)40-25-32(2)44(54-43-20-18-34(33-14-9-8-10-15-33)28-41(43)38-16-13-23-51-46(38)54)30-45(40)53(42)37-27-35(26-36(29-37)48(3,4)5)47-52-49(6)21-11-12-22-50(49,7)55-47/h8-10,13-20,23-30H,11-12,21-22H2,1-7H3/t49-,50+/m1/s1. The topological polar surface area (TPSA) is 44.3 Å². The van der Waals surface area contributed by atoms with Crippen molar-refractivity contribution in [2.24, 2.45) is 4.99 Å². The normalized spacial score (nSPS) is 20.0. The number of aromatic nitrogens is 3. The molecule has 0 radical (unpaired) electrons. The molecule has 55 heavy (non-hydrogen) atoms. The summed E-state index contributed by atoms with van der Waals surface area (Å²) < 4.78 is 11.7. The van der Waals surface area contributed by atoms with Gasteiger partial charge in [0.05, 0.1) is 22.2 Å². The zero-order valence-corrected chi connectivity index (χ0v) is 33.0. The van der Waals surface area contributed by atoms with Gasteiger partial charge in [-0.2, -0.15) is 0 Å². The molecular weight excluding hydrogens is 673 g/mol. The fourth-order valence-corrected chi connectivity index (χ4v) is 9.38. The molecule has 2 aliphatic rings. The molecule has 1 fully saturated rings. The lowest BCUT2D eigenvalue weighted by atomic mass is 9.72. The van der Waals surface area contributed by atoms with Crippen molar-refractivity contribution in [2.75, 3.05) is 0 Å². The number of hydrogen-bond donors (Lipinski definition) is 0. The van der Waals surface area contributed by atoms with E-state index in [-0.39, 0.29) is 16.6 Å². The number of rotatable bonds is 4. The quantitative estimate of drug-likeness (QED) is 0.182. The van der Waals surface area contributed by atoms with E-state index in [1.807, 2.05) is 12.3 Å². The Morgan fingerprint density at radius 1 is 0.636 bits per heavy atom. The first-order valence-electron chi connectivity index (χ1n) is 19.9. The summed E-state index contributed by atoms with van der Waals surface area (Å²) in [6.07, 6.45) is 6.37. The number of aryl methyl sites for hydroxylation is 2. The van der Waals surface area contributed by atoms with Crippen molar-refractivity contribution >= 4 is 49.6 Å². The maximum atomic E-state index is 6.91. The number of pyridine rings is 1. The Morgan fingerprint density at radius 2 is 1.38 bits per heavy atom. The van der Waals surface area contributed by atoms with Crippen molar-refractivity contribution in [1.82, 2.24) is 14.1 Å². The van der Waals surface area contributed by atoms with Crippen LogP contribution in [0.1, 0.15) is 82.6 Å². The van der Waals surface area contributed by atoms with Gasteiger partial charge in [0.15, 0.2) is 0 Å². The van der Waals surface area contributed by atoms with Crippen LogP contribution in [0.4, 0.5) is 0 Å². The lowest BCUT2D eigenvalue weighted by molar-refractivity contribution is 0.000929. The van der Waals surface area contributed by atoms with Crippen molar-refractivity contribution in [3.05, 3.63) is 138 Å². The highest BCUT2D eigenvalue weighted by Crippen LogP contribution is 2.48. The van der Waals surface area contributed by atoms with Gasteiger partial charge in [0.2, 0.25) is 5.90 Å². The average molecular weight is 721 g/mol. The minimum Gasteiger partial charge on any atom is -0.469 e. The smallest absolute Gasteiger partial charge is 0.217 e. The molecular formula is C50H48N4O. The van der Waals surface area contributed by atoms with Gasteiger partial charge in [-0.15, -0.1) is 0 Å². The van der Waals surface area contributed by atoms with E-state index in [1.54, 1.807) is 0 Å². The molecule has 5 nitrogen and oxygen atoms in total. The molecule has 0 bridgehead atoms. The molecule has 4 heterocycles. The second kappa shape index (κ2) is 11.9. The Kier molecular flexibility index (Phi) is 7.33. The highest BCUT2D eigenvalue weighted by atomic mass is 16.5. The molecule has 0 amide bonds. The third-order valence-corrected chi connectivity index (χ3v) is 12.8. The molecule has 10 rings (SSSR count). The molecule has 0 unspecified atom stereocenters. The second-order valence-electron chi connectivity index (χ2n) is 17.6. The molecule has 5 heteroatoms. The second-order valence-corrected chi connectivity index (χ2v) is 17.6. The van der Waals surface area contributed by atoms with Crippen LogP contribution >= 0.6 is 0 Å². The molecule has 3 aromatic heterocycles. The van der Waals surface area contributed by atoms with Crippen molar-refractivity contribution in [3.8, 4) is 22.5 Å². The van der Waals surface area contributed by atoms with Gasteiger partial charge in [0.1, 0.15) is 16.8 Å². The zero-order valence-electron chi connectivity index (χ0n) is 33.0. The van der Waals surface area contributed by atoms with E-state index < -0.39 is 0 Å². The van der Waals surface area contributed by atoms with E-state index >= 15 is 0 Å². The number of hydrogen-bond acceptors (Lipinski definition) is 3. The van der Waals surface area contributed by atoms with Gasteiger partial charge in [-0.25, -0.2) is 9.98 Å². The number of aliphatic imine (C=N–C) groups is 1. The number of nitrogens with zero attached hydrogens (tertiary/aromatic N) is 4. The fraction of sp³-hybridized carbons (Fsp3) is 0.280. The molecule has 0 spiro atoms. The molecule has 274 valence electrons. The van der Waals surface area contributed by atoms with Crippen molar-refractivity contribution in [1.29, 1.82) is 0 Å². The lowest BCUT2D eigenvalue weighted by Crippen LogP contribution is -2.49. The van der Waals surface area contributed by atoms with Crippen LogP contribution in [-0.4, -0.2) is 31.2 Å². The Balaban J connectivity index is 1.23.